The lowest BCUT2D eigenvalue weighted by atomic mass is 9.90. The number of rotatable bonds is 4. The van der Waals surface area contributed by atoms with Crippen LogP contribution >= 0.6 is 0 Å². The highest BCUT2D eigenvalue weighted by atomic mass is 16.4. The van der Waals surface area contributed by atoms with Crippen LogP contribution in [0.3, 0.4) is 0 Å². The van der Waals surface area contributed by atoms with Crippen LogP contribution in [0.5, 0.6) is 0 Å². The van der Waals surface area contributed by atoms with Crippen molar-refractivity contribution in [2.75, 3.05) is 6.54 Å². The van der Waals surface area contributed by atoms with Gasteiger partial charge in [0.2, 0.25) is 5.91 Å². The number of carbonyl (C=O) groups excluding carboxylic acids is 2. The maximum atomic E-state index is 12.5. The average molecular weight is 308 g/mol. The molecule has 0 bridgehead atoms. The second-order valence-corrected chi connectivity index (χ2v) is 5.57. The fourth-order valence-corrected chi connectivity index (χ4v) is 2.77. The molecule has 7 nitrogen and oxygen atoms in total. The van der Waals surface area contributed by atoms with Gasteiger partial charge in [-0.25, -0.2) is 0 Å². The van der Waals surface area contributed by atoms with E-state index in [-0.39, 0.29) is 11.9 Å². The summed E-state index contributed by atoms with van der Waals surface area (Å²) < 4.78 is 4.83. The highest BCUT2D eigenvalue weighted by Crippen LogP contribution is 2.24. The molecule has 1 aliphatic heterocycles. The molecule has 0 radical (unpaired) electrons. The quantitative estimate of drug-likeness (QED) is 0.868. The summed E-state index contributed by atoms with van der Waals surface area (Å²) in [5.74, 6) is -2.11. The Balaban J connectivity index is 2.00. The maximum Gasteiger partial charge on any atom is 0.308 e. The molecule has 0 saturated carbocycles. The number of hydrogen-bond acceptors (Lipinski definition) is 4. The van der Waals surface area contributed by atoms with Crippen LogP contribution < -0.4 is 5.32 Å². The van der Waals surface area contributed by atoms with Crippen LogP contribution in [-0.4, -0.2) is 46.4 Å². The first-order valence-electron chi connectivity index (χ1n) is 7.28. The van der Waals surface area contributed by atoms with Crippen molar-refractivity contribution in [2.45, 2.75) is 38.8 Å². The summed E-state index contributed by atoms with van der Waals surface area (Å²) >= 11 is 0. The summed E-state index contributed by atoms with van der Waals surface area (Å²) in [6.45, 7) is 3.84. The van der Waals surface area contributed by atoms with Crippen molar-refractivity contribution in [3.05, 3.63) is 24.2 Å². The first kappa shape index (κ1) is 16.1. The van der Waals surface area contributed by atoms with E-state index in [1.54, 1.807) is 18.7 Å². The van der Waals surface area contributed by atoms with Crippen molar-refractivity contribution < 1.29 is 23.9 Å². The number of likely N-dealkylation sites (tertiary alicyclic amines) is 1. The standard InChI is InChI=1S/C15H20N2O5/c1-9(16-13(18)11-5-7-22-8-11)14(19)17-6-3-4-12(10(17)2)15(20)21/h5,7-10,12H,3-4,6H2,1-2H3,(H,16,18)(H,20,21)/t9?,10-,12-/m0/s1. The zero-order chi connectivity index (χ0) is 16.3. The van der Waals surface area contributed by atoms with Gasteiger partial charge >= 0.3 is 5.97 Å². The lowest BCUT2D eigenvalue weighted by Gasteiger charge is -2.38. The maximum absolute atomic E-state index is 12.5. The van der Waals surface area contributed by atoms with Crippen LogP contribution in [0.25, 0.3) is 0 Å². The van der Waals surface area contributed by atoms with E-state index in [4.69, 9.17) is 4.42 Å². The van der Waals surface area contributed by atoms with Gasteiger partial charge in [-0.15, -0.1) is 0 Å². The fraction of sp³-hybridized carbons (Fsp3) is 0.533. The van der Waals surface area contributed by atoms with Crippen LogP contribution in [0.15, 0.2) is 23.0 Å². The number of carboxylic acid groups (broad SMARTS) is 1. The molecule has 2 rings (SSSR count). The number of hydrogen-bond donors (Lipinski definition) is 2. The van der Waals surface area contributed by atoms with Crippen molar-refractivity contribution in [2.24, 2.45) is 5.92 Å². The number of carboxylic acids is 1. The molecule has 1 saturated heterocycles. The smallest absolute Gasteiger partial charge is 0.308 e. The molecule has 1 aromatic heterocycles. The molecule has 7 heteroatoms. The molecule has 1 aliphatic rings. The van der Waals surface area contributed by atoms with Crippen LogP contribution in [0.1, 0.15) is 37.0 Å². The van der Waals surface area contributed by atoms with E-state index >= 15 is 0 Å². The molecular weight excluding hydrogens is 288 g/mol. The van der Waals surface area contributed by atoms with Gasteiger partial charge in [0.15, 0.2) is 0 Å². The summed E-state index contributed by atoms with van der Waals surface area (Å²) in [7, 11) is 0. The molecule has 0 aliphatic carbocycles. The Morgan fingerprint density at radius 2 is 2.18 bits per heavy atom. The topological polar surface area (TPSA) is 99.9 Å². The van der Waals surface area contributed by atoms with Gasteiger partial charge in [0, 0.05) is 12.6 Å². The molecule has 1 unspecified atom stereocenters. The second kappa shape index (κ2) is 6.64. The third-order valence-electron chi connectivity index (χ3n) is 4.09. The van der Waals surface area contributed by atoms with Crippen molar-refractivity contribution in [1.29, 1.82) is 0 Å². The van der Waals surface area contributed by atoms with E-state index < -0.39 is 23.8 Å². The molecule has 3 atom stereocenters. The van der Waals surface area contributed by atoms with E-state index in [0.29, 0.717) is 24.9 Å². The minimum Gasteiger partial charge on any atom is -0.481 e. The van der Waals surface area contributed by atoms with E-state index in [1.165, 1.54) is 18.6 Å². The van der Waals surface area contributed by atoms with Gasteiger partial charge in [-0.1, -0.05) is 0 Å². The number of nitrogens with one attached hydrogen (secondary N) is 1. The van der Waals surface area contributed by atoms with Crippen LogP contribution in [-0.2, 0) is 9.59 Å². The predicted molar refractivity (Wildman–Crippen MR) is 77.2 cm³/mol. The SMILES string of the molecule is CC(NC(=O)c1ccoc1)C(=O)N1CCC[C@H](C(=O)O)[C@@H]1C. The summed E-state index contributed by atoms with van der Waals surface area (Å²) in [5, 5.41) is 11.8. The number of carbonyl (C=O) groups is 3. The van der Waals surface area contributed by atoms with Gasteiger partial charge < -0.3 is 19.7 Å². The van der Waals surface area contributed by atoms with Crippen LogP contribution in [0.4, 0.5) is 0 Å². The molecule has 22 heavy (non-hydrogen) atoms. The summed E-state index contributed by atoms with van der Waals surface area (Å²) in [6.07, 6.45) is 3.90. The van der Waals surface area contributed by atoms with Crippen LogP contribution in [0, 0.1) is 5.92 Å². The Hall–Kier alpha value is -2.31. The molecular formula is C15H20N2O5. The Bertz CT molecular complexity index is 554. The van der Waals surface area contributed by atoms with Gasteiger partial charge in [-0.2, -0.15) is 0 Å². The predicted octanol–water partition coefficient (Wildman–Crippen LogP) is 1.11. The van der Waals surface area contributed by atoms with Gasteiger partial charge in [0.05, 0.1) is 17.7 Å². The van der Waals surface area contributed by atoms with E-state index in [0.717, 1.165) is 0 Å². The summed E-state index contributed by atoms with van der Waals surface area (Å²) in [6, 6.07) is 0.403. The molecule has 2 heterocycles. The number of amides is 2. The van der Waals surface area contributed by atoms with Crippen molar-refractivity contribution >= 4 is 17.8 Å². The average Bonchev–Trinajstić information content (AvgIpc) is 3.00. The highest BCUT2D eigenvalue weighted by Gasteiger charge is 2.37. The zero-order valence-corrected chi connectivity index (χ0v) is 12.6. The fourth-order valence-electron chi connectivity index (χ4n) is 2.77. The molecule has 2 N–H and O–H groups in total. The zero-order valence-electron chi connectivity index (χ0n) is 12.6. The largest absolute Gasteiger partial charge is 0.481 e. The molecule has 0 aromatic carbocycles. The second-order valence-electron chi connectivity index (χ2n) is 5.57. The van der Waals surface area contributed by atoms with E-state index in [9.17, 15) is 19.5 Å². The summed E-state index contributed by atoms with van der Waals surface area (Å²) in [5.41, 5.74) is 0.342. The first-order chi connectivity index (χ1) is 10.4. The van der Waals surface area contributed by atoms with Crippen molar-refractivity contribution in [3.63, 3.8) is 0 Å². The number of piperidine rings is 1. The third kappa shape index (κ3) is 3.29. The lowest BCUT2D eigenvalue weighted by Crippen LogP contribution is -2.55. The van der Waals surface area contributed by atoms with Gasteiger partial charge in [-0.05, 0) is 32.8 Å². The number of aliphatic carboxylic acids is 1. The van der Waals surface area contributed by atoms with Gasteiger partial charge in [-0.3, -0.25) is 14.4 Å². The number of nitrogens with zero attached hydrogens (tertiary/aromatic N) is 1. The van der Waals surface area contributed by atoms with Gasteiger partial charge in [0.1, 0.15) is 12.3 Å². The number of furan rings is 1. The molecule has 0 spiro atoms. The van der Waals surface area contributed by atoms with Crippen molar-refractivity contribution in [1.82, 2.24) is 10.2 Å². The molecule has 1 aromatic rings. The third-order valence-corrected chi connectivity index (χ3v) is 4.09. The van der Waals surface area contributed by atoms with Gasteiger partial charge in [0.25, 0.3) is 5.91 Å². The Morgan fingerprint density at radius 3 is 2.77 bits per heavy atom. The monoisotopic (exact) mass is 308 g/mol. The normalized spacial score (nSPS) is 22.9. The Kier molecular flexibility index (Phi) is 4.85. The van der Waals surface area contributed by atoms with E-state index in [2.05, 4.69) is 5.32 Å². The molecule has 120 valence electrons. The van der Waals surface area contributed by atoms with Crippen LogP contribution in [0.2, 0.25) is 0 Å². The molecule has 1 fully saturated rings. The minimum absolute atomic E-state index is 0.268. The summed E-state index contributed by atoms with van der Waals surface area (Å²) in [4.78, 5) is 37.2. The van der Waals surface area contributed by atoms with E-state index in [1.807, 2.05) is 0 Å². The van der Waals surface area contributed by atoms with Crippen molar-refractivity contribution in [3.8, 4) is 0 Å². The minimum atomic E-state index is -0.889. The molecule has 2 amide bonds. The Labute approximate surface area is 128 Å². The lowest BCUT2D eigenvalue weighted by molar-refractivity contribution is -0.149. The highest BCUT2D eigenvalue weighted by molar-refractivity contribution is 5.97. The first-order valence-corrected chi connectivity index (χ1v) is 7.28. The Morgan fingerprint density at radius 1 is 1.45 bits per heavy atom.